The molecule has 104 valence electrons. The molecular weight excluding hydrogens is 236 g/mol. The Hall–Kier alpha value is -1.30. The molecule has 2 unspecified atom stereocenters. The minimum absolute atomic E-state index is 0.0735. The summed E-state index contributed by atoms with van der Waals surface area (Å²) in [6.45, 7) is 4.67. The van der Waals surface area contributed by atoms with Gasteiger partial charge in [-0.25, -0.2) is 4.79 Å². The number of nitrogens with one attached hydrogen (secondary N) is 1. The van der Waals surface area contributed by atoms with Crippen molar-refractivity contribution in [1.82, 2.24) is 10.2 Å². The molecule has 0 aromatic heterocycles. The molecule has 1 aliphatic heterocycles. The van der Waals surface area contributed by atoms with Gasteiger partial charge in [-0.1, -0.05) is 0 Å². The summed E-state index contributed by atoms with van der Waals surface area (Å²) in [4.78, 5) is 24.0. The maximum atomic E-state index is 11.8. The Morgan fingerprint density at radius 1 is 1.33 bits per heavy atom. The first-order chi connectivity index (χ1) is 8.40. The number of amides is 2. The van der Waals surface area contributed by atoms with Crippen LogP contribution in [0.1, 0.15) is 33.1 Å². The van der Waals surface area contributed by atoms with Crippen LogP contribution < -0.4 is 5.32 Å². The first kappa shape index (κ1) is 14.8. The van der Waals surface area contributed by atoms with Crippen LogP contribution in [0.3, 0.4) is 0 Å². The van der Waals surface area contributed by atoms with E-state index in [1.165, 1.54) is 0 Å². The molecule has 0 saturated carbocycles. The highest BCUT2D eigenvalue weighted by Crippen LogP contribution is 2.20. The maximum absolute atomic E-state index is 11.8. The number of aliphatic hydroxyl groups is 1. The van der Waals surface area contributed by atoms with E-state index in [-0.39, 0.29) is 30.5 Å². The van der Waals surface area contributed by atoms with E-state index in [1.54, 1.807) is 18.7 Å². The van der Waals surface area contributed by atoms with E-state index < -0.39 is 5.97 Å². The number of aliphatic carboxylic acids is 1. The average molecular weight is 258 g/mol. The first-order valence-electron chi connectivity index (χ1n) is 6.35. The molecule has 1 rings (SSSR count). The van der Waals surface area contributed by atoms with Crippen LogP contribution in [0.2, 0.25) is 0 Å². The lowest BCUT2D eigenvalue weighted by Gasteiger charge is -2.33. The Morgan fingerprint density at radius 2 is 1.89 bits per heavy atom. The van der Waals surface area contributed by atoms with Crippen molar-refractivity contribution in [1.29, 1.82) is 0 Å². The number of aliphatic hydroxyl groups excluding tert-OH is 1. The van der Waals surface area contributed by atoms with E-state index in [2.05, 4.69) is 5.32 Å². The summed E-state index contributed by atoms with van der Waals surface area (Å²) in [6.07, 6.45) is 1.17. The van der Waals surface area contributed by atoms with Gasteiger partial charge in [0.2, 0.25) is 0 Å². The predicted molar refractivity (Wildman–Crippen MR) is 66.2 cm³/mol. The van der Waals surface area contributed by atoms with Crippen LogP contribution in [-0.2, 0) is 4.79 Å². The number of hydrogen-bond donors (Lipinski definition) is 3. The molecular formula is C12H22N2O4. The SMILES string of the molecule is CC(CC(=O)O)NC(=O)N1CCC(C(C)O)CC1. The van der Waals surface area contributed by atoms with Crippen LogP contribution in [0.4, 0.5) is 4.79 Å². The Morgan fingerprint density at radius 3 is 2.33 bits per heavy atom. The summed E-state index contributed by atoms with van der Waals surface area (Å²) >= 11 is 0. The Kier molecular flexibility index (Phi) is 5.40. The first-order valence-corrected chi connectivity index (χ1v) is 6.35. The van der Waals surface area contributed by atoms with Crippen molar-refractivity contribution < 1.29 is 19.8 Å². The van der Waals surface area contributed by atoms with Gasteiger partial charge in [-0.15, -0.1) is 0 Å². The molecule has 1 heterocycles. The number of carboxylic acid groups (broad SMARTS) is 1. The zero-order chi connectivity index (χ0) is 13.7. The number of carboxylic acids is 1. The lowest BCUT2D eigenvalue weighted by atomic mass is 9.92. The van der Waals surface area contributed by atoms with Gasteiger partial charge in [-0.05, 0) is 32.6 Å². The number of rotatable bonds is 4. The van der Waals surface area contributed by atoms with Gasteiger partial charge in [0.05, 0.1) is 12.5 Å². The molecule has 0 aromatic carbocycles. The van der Waals surface area contributed by atoms with Crippen molar-refractivity contribution >= 4 is 12.0 Å². The van der Waals surface area contributed by atoms with Crippen molar-refractivity contribution in [2.75, 3.05) is 13.1 Å². The van der Waals surface area contributed by atoms with Crippen LogP contribution >= 0.6 is 0 Å². The summed E-state index contributed by atoms with van der Waals surface area (Å²) in [5.74, 6) is -0.666. The van der Waals surface area contributed by atoms with Gasteiger partial charge in [0.25, 0.3) is 0 Å². The molecule has 0 aromatic rings. The largest absolute Gasteiger partial charge is 0.481 e. The topological polar surface area (TPSA) is 89.9 Å². The number of hydrogen-bond acceptors (Lipinski definition) is 3. The number of likely N-dealkylation sites (tertiary alicyclic amines) is 1. The van der Waals surface area contributed by atoms with E-state index in [9.17, 15) is 14.7 Å². The predicted octanol–water partition coefficient (Wildman–Crippen LogP) is 0.652. The van der Waals surface area contributed by atoms with E-state index >= 15 is 0 Å². The van der Waals surface area contributed by atoms with Gasteiger partial charge in [0, 0.05) is 19.1 Å². The van der Waals surface area contributed by atoms with Crippen molar-refractivity contribution in [2.45, 2.75) is 45.3 Å². The van der Waals surface area contributed by atoms with Crippen molar-refractivity contribution in [3.05, 3.63) is 0 Å². The number of piperidine rings is 1. The van der Waals surface area contributed by atoms with Gasteiger partial charge >= 0.3 is 12.0 Å². The number of urea groups is 1. The second-order valence-electron chi connectivity index (χ2n) is 5.01. The molecule has 0 spiro atoms. The number of carbonyl (C=O) groups excluding carboxylic acids is 1. The third-order valence-corrected chi connectivity index (χ3v) is 3.36. The molecule has 1 saturated heterocycles. The van der Waals surface area contributed by atoms with Crippen molar-refractivity contribution in [2.24, 2.45) is 5.92 Å². The Balaban J connectivity index is 2.34. The van der Waals surface area contributed by atoms with Crippen molar-refractivity contribution in [3.63, 3.8) is 0 Å². The minimum atomic E-state index is -0.921. The highest BCUT2D eigenvalue weighted by Gasteiger charge is 2.26. The van der Waals surface area contributed by atoms with E-state index in [0.717, 1.165) is 12.8 Å². The molecule has 6 heteroatoms. The molecule has 2 atom stereocenters. The number of carbonyl (C=O) groups is 2. The monoisotopic (exact) mass is 258 g/mol. The standard InChI is InChI=1S/C12H22N2O4/c1-8(7-11(16)17)13-12(18)14-5-3-10(4-6-14)9(2)15/h8-10,15H,3-7H2,1-2H3,(H,13,18)(H,16,17). The molecule has 0 radical (unpaired) electrons. The smallest absolute Gasteiger partial charge is 0.317 e. The third-order valence-electron chi connectivity index (χ3n) is 3.36. The van der Waals surface area contributed by atoms with Crippen LogP contribution in [0.5, 0.6) is 0 Å². The molecule has 3 N–H and O–H groups in total. The fourth-order valence-corrected chi connectivity index (χ4v) is 2.20. The Labute approximate surface area is 107 Å². The summed E-state index contributed by atoms with van der Waals surface area (Å²) < 4.78 is 0. The van der Waals surface area contributed by atoms with Crippen LogP contribution in [0.25, 0.3) is 0 Å². The van der Waals surface area contributed by atoms with E-state index in [0.29, 0.717) is 13.1 Å². The molecule has 18 heavy (non-hydrogen) atoms. The van der Waals surface area contributed by atoms with Gasteiger partial charge < -0.3 is 20.4 Å². The summed E-state index contributed by atoms with van der Waals surface area (Å²) in [5, 5.41) is 20.7. The van der Waals surface area contributed by atoms with Gasteiger partial charge in [0.1, 0.15) is 0 Å². The lowest BCUT2D eigenvalue weighted by Crippen LogP contribution is -2.48. The summed E-state index contributed by atoms with van der Waals surface area (Å²) in [7, 11) is 0. The van der Waals surface area contributed by atoms with Crippen molar-refractivity contribution in [3.8, 4) is 0 Å². The maximum Gasteiger partial charge on any atom is 0.317 e. The minimum Gasteiger partial charge on any atom is -0.481 e. The molecule has 0 aliphatic carbocycles. The normalized spacial score (nSPS) is 20.3. The zero-order valence-corrected chi connectivity index (χ0v) is 10.9. The molecule has 1 fully saturated rings. The molecule has 2 amide bonds. The zero-order valence-electron chi connectivity index (χ0n) is 10.9. The van der Waals surface area contributed by atoms with E-state index in [1.807, 2.05) is 0 Å². The summed E-state index contributed by atoms with van der Waals surface area (Å²) in [5.41, 5.74) is 0. The molecule has 6 nitrogen and oxygen atoms in total. The average Bonchev–Trinajstić information content (AvgIpc) is 2.27. The lowest BCUT2D eigenvalue weighted by molar-refractivity contribution is -0.137. The summed E-state index contributed by atoms with van der Waals surface area (Å²) in [6, 6.07) is -0.586. The Bertz CT molecular complexity index is 298. The second-order valence-corrected chi connectivity index (χ2v) is 5.01. The van der Waals surface area contributed by atoms with Gasteiger partial charge in [-0.3, -0.25) is 4.79 Å². The number of nitrogens with zero attached hydrogens (tertiary/aromatic N) is 1. The van der Waals surface area contributed by atoms with Crippen LogP contribution in [0.15, 0.2) is 0 Å². The van der Waals surface area contributed by atoms with E-state index in [4.69, 9.17) is 5.11 Å². The quantitative estimate of drug-likeness (QED) is 0.690. The third kappa shape index (κ3) is 4.52. The second kappa shape index (κ2) is 6.58. The van der Waals surface area contributed by atoms with Crippen LogP contribution in [-0.4, -0.2) is 52.3 Å². The fourth-order valence-electron chi connectivity index (χ4n) is 2.20. The molecule has 1 aliphatic rings. The van der Waals surface area contributed by atoms with Gasteiger partial charge in [-0.2, -0.15) is 0 Å². The highest BCUT2D eigenvalue weighted by molar-refractivity contribution is 5.75. The molecule has 0 bridgehead atoms. The van der Waals surface area contributed by atoms with Gasteiger partial charge in [0.15, 0.2) is 0 Å². The fraction of sp³-hybridized carbons (Fsp3) is 0.833. The van der Waals surface area contributed by atoms with Crippen LogP contribution in [0, 0.1) is 5.92 Å². The highest BCUT2D eigenvalue weighted by atomic mass is 16.4.